The number of aliphatic hydroxyl groups is 1. The molecular formula is C43H74N2O14. The predicted molar refractivity (Wildman–Crippen MR) is 215 cm³/mol. The SMILES string of the molecule is CC[C@H]1OC(=O)[C@H](C)[C@@H](OC2CC(C)(OC)C(OC(C)=O)C(C)O2)[C@H](C)[C@@H](OC2OC(C)CC(N(C)C)C2C)[C@@](C)(OC)C[C@@H](C)C(=O)[C@H](C)[C@H]2N(CO)C(=O)O[C@]12C. The van der Waals surface area contributed by atoms with Crippen LogP contribution in [0.25, 0.3) is 0 Å². The number of methoxy groups -OCH3 is 2. The molecule has 4 fully saturated rings. The number of ether oxygens (including phenoxy) is 9. The van der Waals surface area contributed by atoms with E-state index < -0.39 is 114 Å². The molecule has 0 aromatic carbocycles. The minimum absolute atomic E-state index is 0.0843. The van der Waals surface area contributed by atoms with Crippen molar-refractivity contribution < 1.29 is 66.9 Å². The summed E-state index contributed by atoms with van der Waals surface area (Å²) >= 11 is 0. The number of hydrogen-bond acceptors (Lipinski definition) is 15. The number of carbonyl (C=O) groups excluding carboxylic acids is 4. The maximum Gasteiger partial charge on any atom is 0.412 e. The Kier molecular flexibility index (Phi) is 16.1. The van der Waals surface area contributed by atoms with Crippen molar-refractivity contribution >= 4 is 23.8 Å². The van der Waals surface area contributed by atoms with E-state index in [2.05, 4.69) is 11.8 Å². The van der Waals surface area contributed by atoms with Crippen LogP contribution < -0.4 is 0 Å². The number of fused-ring (bicyclic) bond motifs is 1. The van der Waals surface area contributed by atoms with Crippen LogP contribution in [0, 0.1) is 29.6 Å². The van der Waals surface area contributed by atoms with Gasteiger partial charge in [-0.25, -0.2) is 4.79 Å². The summed E-state index contributed by atoms with van der Waals surface area (Å²) in [6, 6.07) is -0.832. The lowest BCUT2D eigenvalue weighted by Crippen LogP contribution is -2.61. The summed E-state index contributed by atoms with van der Waals surface area (Å²) in [6.07, 6.45) is -5.45. The monoisotopic (exact) mass is 843 g/mol. The van der Waals surface area contributed by atoms with Crippen molar-refractivity contribution in [2.24, 2.45) is 29.6 Å². The van der Waals surface area contributed by atoms with Crippen LogP contribution in [-0.2, 0) is 57.0 Å². The van der Waals surface area contributed by atoms with Gasteiger partial charge in [0, 0.05) is 57.3 Å². The van der Waals surface area contributed by atoms with E-state index in [1.54, 1.807) is 41.7 Å². The van der Waals surface area contributed by atoms with Gasteiger partial charge in [0.05, 0.1) is 42.0 Å². The number of aliphatic hydroxyl groups excluding tert-OH is 1. The van der Waals surface area contributed by atoms with Crippen molar-refractivity contribution in [3.8, 4) is 0 Å². The fraction of sp³-hybridized carbons (Fsp3) is 0.907. The molecule has 18 atom stereocenters. The van der Waals surface area contributed by atoms with Gasteiger partial charge >= 0.3 is 18.0 Å². The van der Waals surface area contributed by atoms with Crippen molar-refractivity contribution in [1.29, 1.82) is 0 Å². The molecule has 4 heterocycles. The normalized spacial score (nSPS) is 45.4. The summed E-state index contributed by atoms with van der Waals surface area (Å²) in [5, 5.41) is 10.4. The molecule has 0 radical (unpaired) electrons. The van der Waals surface area contributed by atoms with Crippen molar-refractivity contribution in [1.82, 2.24) is 9.80 Å². The van der Waals surface area contributed by atoms with Crippen molar-refractivity contribution in [2.45, 2.75) is 187 Å². The maximum atomic E-state index is 14.7. The Morgan fingerprint density at radius 1 is 0.881 bits per heavy atom. The fourth-order valence-electron chi connectivity index (χ4n) is 10.5. The molecule has 4 aliphatic rings. The van der Waals surface area contributed by atoms with Gasteiger partial charge in [-0.3, -0.25) is 19.3 Å². The van der Waals surface area contributed by atoms with Crippen LogP contribution in [0.4, 0.5) is 4.79 Å². The molecule has 4 rings (SSSR count). The van der Waals surface area contributed by atoms with E-state index in [0.29, 0.717) is 0 Å². The number of nitrogens with zero attached hydrogens (tertiary/aromatic N) is 2. The van der Waals surface area contributed by atoms with E-state index in [4.69, 9.17) is 42.6 Å². The first kappa shape index (κ1) is 49.2. The Morgan fingerprint density at radius 3 is 2.03 bits per heavy atom. The summed E-state index contributed by atoms with van der Waals surface area (Å²) < 4.78 is 57.4. The number of amides is 1. The van der Waals surface area contributed by atoms with Crippen LogP contribution in [0.2, 0.25) is 0 Å². The molecule has 0 bridgehead atoms. The summed E-state index contributed by atoms with van der Waals surface area (Å²) in [5.41, 5.74) is -3.70. The van der Waals surface area contributed by atoms with Gasteiger partial charge in [0.25, 0.3) is 0 Å². The summed E-state index contributed by atoms with van der Waals surface area (Å²) in [5.74, 6) is -4.50. The molecule has 8 unspecified atom stereocenters. The zero-order valence-corrected chi connectivity index (χ0v) is 38.3. The van der Waals surface area contributed by atoms with Gasteiger partial charge in [-0.05, 0) is 74.9 Å². The summed E-state index contributed by atoms with van der Waals surface area (Å²) in [4.78, 5) is 58.1. The number of ketones is 1. The minimum atomic E-state index is -1.50. The zero-order valence-electron chi connectivity index (χ0n) is 38.3. The molecule has 16 heteroatoms. The molecule has 0 aliphatic carbocycles. The molecule has 0 spiro atoms. The zero-order chi connectivity index (χ0) is 44.5. The molecule has 1 amide bonds. The van der Waals surface area contributed by atoms with Crippen molar-refractivity contribution in [2.75, 3.05) is 35.0 Å². The van der Waals surface area contributed by atoms with Crippen molar-refractivity contribution in [3.63, 3.8) is 0 Å². The van der Waals surface area contributed by atoms with Crippen LogP contribution in [0.1, 0.15) is 109 Å². The quantitative estimate of drug-likeness (QED) is 0.236. The van der Waals surface area contributed by atoms with Gasteiger partial charge < -0.3 is 52.6 Å². The summed E-state index contributed by atoms with van der Waals surface area (Å²) in [6.45, 7) is 20.8. The Labute approximate surface area is 351 Å². The molecule has 340 valence electrons. The van der Waals surface area contributed by atoms with E-state index >= 15 is 0 Å². The van der Waals surface area contributed by atoms with Gasteiger partial charge in [0.2, 0.25) is 0 Å². The van der Waals surface area contributed by atoms with E-state index in [1.807, 2.05) is 48.7 Å². The molecule has 0 aromatic rings. The number of carbonyl (C=O) groups is 4. The smallest absolute Gasteiger partial charge is 0.412 e. The molecule has 0 saturated carbocycles. The highest BCUT2D eigenvalue weighted by Crippen LogP contribution is 2.45. The van der Waals surface area contributed by atoms with Gasteiger partial charge in [-0.1, -0.05) is 34.6 Å². The third kappa shape index (κ3) is 9.95. The average Bonchev–Trinajstić information content (AvgIpc) is 3.44. The van der Waals surface area contributed by atoms with Crippen LogP contribution in [0.15, 0.2) is 0 Å². The van der Waals surface area contributed by atoms with E-state index in [9.17, 15) is 24.3 Å². The Hall–Kier alpha value is -2.44. The molecule has 0 aromatic heterocycles. The first-order valence-electron chi connectivity index (χ1n) is 21.3. The second-order valence-electron chi connectivity index (χ2n) is 18.5. The molecule has 1 N–H and O–H groups in total. The number of Topliss-reactive ketones (excluding diaryl/α,β-unsaturated/α-hetero) is 1. The standard InChI is InChI=1S/C43H74N2O14/c1-17-31-43(12)35(45(21-46)40(50)59-43)25(5)33(48)22(2)19-41(10,51-15)36(58-39-24(4)30(44(13)14)18-23(3)53-39)26(6)34(27(7)38(49)56-31)57-32-20-42(11,52-16)37(28(8)54-32)55-29(9)47/h22-28,30-32,34-37,39,46H,17-21H2,1-16H3/t22-,23?,24?,25+,26+,27-,28?,30?,31-,32?,34+,35-,36-,37?,39?,41+,42?,43-/m1/s1. The van der Waals surface area contributed by atoms with Crippen LogP contribution in [-0.4, -0.2) is 152 Å². The molecule has 4 saturated heterocycles. The highest BCUT2D eigenvalue weighted by Gasteiger charge is 2.61. The third-order valence-electron chi connectivity index (χ3n) is 13.9. The van der Waals surface area contributed by atoms with E-state index in [0.717, 1.165) is 11.3 Å². The highest BCUT2D eigenvalue weighted by atomic mass is 16.7. The van der Waals surface area contributed by atoms with Crippen molar-refractivity contribution in [3.05, 3.63) is 0 Å². The third-order valence-corrected chi connectivity index (χ3v) is 13.9. The van der Waals surface area contributed by atoms with Crippen LogP contribution in [0.5, 0.6) is 0 Å². The van der Waals surface area contributed by atoms with Gasteiger partial charge in [-0.2, -0.15) is 0 Å². The first-order valence-corrected chi connectivity index (χ1v) is 21.3. The van der Waals surface area contributed by atoms with Gasteiger partial charge in [0.1, 0.15) is 24.2 Å². The Bertz CT molecular complexity index is 1480. The minimum Gasteiger partial charge on any atom is -0.458 e. The number of rotatable bonds is 10. The number of esters is 2. The first-order chi connectivity index (χ1) is 27.4. The molecule has 16 nitrogen and oxygen atoms in total. The van der Waals surface area contributed by atoms with Gasteiger partial charge in [0.15, 0.2) is 24.3 Å². The van der Waals surface area contributed by atoms with E-state index in [1.165, 1.54) is 14.0 Å². The number of cyclic esters (lactones) is 1. The summed E-state index contributed by atoms with van der Waals surface area (Å²) in [7, 11) is 7.17. The molecule has 4 aliphatic heterocycles. The van der Waals surface area contributed by atoms with Crippen LogP contribution >= 0.6 is 0 Å². The second-order valence-corrected chi connectivity index (χ2v) is 18.5. The largest absolute Gasteiger partial charge is 0.458 e. The average molecular weight is 843 g/mol. The highest BCUT2D eigenvalue weighted by molar-refractivity contribution is 5.85. The van der Waals surface area contributed by atoms with Gasteiger partial charge in [-0.15, -0.1) is 0 Å². The maximum absolute atomic E-state index is 14.7. The lowest BCUT2D eigenvalue weighted by atomic mass is 9.73. The predicted octanol–water partition coefficient (Wildman–Crippen LogP) is 4.70. The number of hydrogen-bond donors (Lipinski definition) is 1. The Morgan fingerprint density at radius 2 is 1.49 bits per heavy atom. The topological polar surface area (TPSA) is 178 Å². The Balaban J connectivity index is 1.90. The molecular weight excluding hydrogens is 768 g/mol. The lowest BCUT2D eigenvalue weighted by molar-refractivity contribution is -0.315. The molecule has 59 heavy (non-hydrogen) atoms. The second kappa shape index (κ2) is 19.3. The van der Waals surface area contributed by atoms with Crippen LogP contribution in [0.3, 0.4) is 0 Å². The van der Waals surface area contributed by atoms with E-state index in [-0.39, 0.29) is 43.1 Å². The fourth-order valence-corrected chi connectivity index (χ4v) is 10.5. The lowest BCUT2D eigenvalue weighted by Gasteiger charge is -2.50.